The van der Waals surface area contributed by atoms with Crippen LogP contribution in [0.25, 0.3) is 11.1 Å². The molecule has 2 spiro atoms. The normalized spacial score (nSPS) is 21.1. The van der Waals surface area contributed by atoms with E-state index in [-0.39, 0.29) is 8.16 Å². The lowest BCUT2D eigenvalue weighted by Gasteiger charge is -2.46. The number of aryl methyl sites for hydroxylation is 2. The zero-order valence-corrected chi connectivity index (χ0v) is 30.1. The topological polar surface area (TPSA) is 46.2 Å². The van der Waals surface area contributed by atoms with Crippen LogP contribution < -0.4 is 0 Å². The fourth-order valence-corrected chi connectivity index (χ4v) is 17.1. The van der Waals surface area contributed by atoms with E-state index < -0.39 is 0 Å². The van der Waals surface area contributed by atoms with Gasteiger partial charge >= 0.3 is 0 Å². The molecule has 5 heterocycles. The fourth-order valence-electron chi connectivity index (χ4n) is 6.28. The number of thiophene rings is 2. The molecule has 1 aliphatic carbocycles. The molecule has 0 unspecified atom stereocenters. The molecule has 8 rings (SSSR count). The summed E-state index contributed by atoms with van der Waals surface area (Å²) in [6.07, 6.45) is 0. The van der Waals surface area contributed by atoms with Crippen LogP contribution in [0, 0.1) is 13.8 Å². The Morgan fingerprint density at radius 1 is 0.467 bits per heavy atom. The Morgan fingerprint density at radius 2 is 0.778 bits per heavy atom. The first-order valence-corrected chi connectivity index (χ1v) is 20.1. The Kier molecular flexibility index (Phi) is 9.16. The minimum atomic E-state index is -0.247. The number of hydrogen-bond acceptors (Lipinski definition) is 11. The highest BCUT2D eigenvalue weighted by atomic mass is 32.2. The third kappa shape index (κ3) is 5.38. The molecule has 236 valence electrons. The Hall–Kier alpha value is -0.960. The molecule has 0 bridgehead atoms. The summed E-state index contributed by atoms with van der Waals surface area (Å²) in [5.74, 6) is 0. The maximum absolute atomic E-state index is 6.36. The number of ether oxygens (including phenoxy) is 5. The molecule has 0 saturated heterocycles. The zero-order chi connectivity index (χ0) is 30.4. The Balaban J connectivity index is 1.29. The van der Waals surface area contributed by atoms with E-state index in [9.17, 15) is 0 Å². The molecule has 4 aromatic rings. The van der Waals surface area contributed by atoms with Gasteiger partial charge in [0.25, 0.3) is 0 Å². The zero-order valence-electron chi connectivity index (χ0n) is 25.2. The van der Waals surface area contributed by atoms with Crippen molar-refractivity contribution in [3.8, 4) is 11.1 Å². The van der Waals surface area contributed by atoms with E-state index in [4.69, 9.17) is 23.7 Å². The van der Waals surface area contributed by atoms with Gasteiger partial charge in [0.1, 0.15) is 8.16 Å². The Bertz CT molecular complexity index is 1540. The molecule has 0 amide bonds. The van der Waals surface area contributed by atoms with Crippen molar-refractivity contribution in [1.29, 1.82) is 0 Å². The minimum Gasteiger partial charge on any atom is -0.377 e. The van der Waals surface area contributed by atoms with E-state index in [2.05, 4.69) is 109 Å². The molecule has 0 radical (unpaired) electrons. The predicted molar refractivity (Wildman–Crippen MR) is 189 cm³/mol. The number of thioether (sulfide) groups is 4. The van der Waals surface area contributed by atoms with Crippen molar-refractivity contribution in [2.75, 3.05) is 52.9 Å². The number of hydrogen-bond donors (Lipinski definition) is 0. The standard InChI is InChI=1S/C34H34O5S6/c1-21-23-19-38-17-15-36-13-11-35-12-14-37-16-18-39-20-24-22(2)41-32-30(24)29(23)31(40-21)33(42-25-7-3-4-8-26(25)43-33)34(32)44-27-9-5-6-10-28(27)45-34/h3-10H,11-20H2,1-2H3. The van der Waals surface area contributed by atoms with E-state index in [0.717, 1.165) is 0 Å². The van der Waals surface area contributed by atoms with E-state index in [0.29, 0.717) is 66.1 Å². The van der Waals surface area contributed by atoms with Gasteiger partial charge in [0.05, 0.1) is 66.1 Å². The maximum atomic E-state index is 6.36. The molecule has 0 N–H and O–H groups in total. The van der Waals surface area contributed by atoms with Crippen LogP contribution in [0.15, 0.2) is 68.1 Å². The molecule has 0 saturated carbocycles. The highest BCUT2D eigenvalue weighted by Crippen LogP contribution is 2.83. The van der Waals surface area contributed by atoms with Gasteiger partial charge in [-0.25, -0.2) is 0 Å². The molecule has 2 aromatic heterocycles. The summed E-state index contributed by atoms with van der Waals surface area (Å²) in [6, 6.07) is 17.9. The van der Waals surface area contributed by atoms with Crippen molar-refractivity contribution in [2.45, 2.75) is 54.8 Å². The molecule has 5 nitrogen and oxygen atoms in total. The van der Waals surface area contributed by atoms with Crippen molar-refractivity contribution in [1.82, 2.24) is 0 Å². The maximum Gasteiger partial charge on any atom is 0.134 e. The van der Waals surface area contributed by atoms with Crippen molar-refractivity contribution < 1.29 is 23.7 Å². The van der Waals surface area contributed by atoms with Crippen LogP contribution in [0.2, 0.25) is 0 Å². The van der Waals surface area contributed by atoms with E-state index in [1.807, 2.05) is 22.7 Å². The van der Waals surface area contributed by atoms with Crippen LogP contribution >= 0.6 is 69.7 Å². The van der Waals surface area contributed by atoms with Gasteiger partial charge in [-0.15, -0.1) is 22.7 Å². The second kappa shape index (κ2) is 13.2. The molecular formula is C34H34O5S6. The minimum absolute atomic E-state index is 0.247. The largest absolute Gasteiger partial charge is 0.377 e. The average molecular weight is 715 g/mol. The quantitative estimate of drug-likeness (QED) is 0.177. The summed E-state index contributed by atoms with van der Waals surface area (Å²) in [4.78, 5) is 11.0. The lowest BCUT2D eigenvalue weighted by Crippen LogP contribution is -2.39. The van der Waals surface area contributed by atoms with Crippen LogP contribution in [0.5, 0.6) is 0 Å². The van der Waals surface area contributed by atoms with Gasteiger partial charge < -0.3 is 23.7 Å². The van der Waals surface area contributed by atoms with Crippen molar-refractivity contribution in [3.63, 3.8) is 0 Å². The predicted octanol–water partition coefficient (Wildman–Crippen LogP) is 9.31. The van der Waals surface area contributed by atoms with Gasteiger partial charge in [0, 0.05) is 50.2 Å². The lowest BCUT2D eigenvalue weighted by atomic mass is 9.88. The first-order chi connectivity index (χ1) is 22.1. The lowest BCUT2D eigenvalue weighted by molar-refractivity contribution is -0.0136. The molecule has 0 atom stereocenters. The van der Waals surface area contributed by atoms with Crippen molar-refractivity contribution in [3.05, 3.63) is 79.2 Å². The molecule has 11 heteroatoms. The third-order valence-corrected chi connectivity index (χ3v) is 18.7. The molecule has 45 heavy (non-hydrogen) atoms. The van der Waals surface area contributed by atoms with Crippen molar-refractivity contribution >= 4 is 69.7 Å². The van der Waals surface area contributed by atoms with Crippen LogP contribution in [-0.2, 0) is 45.1 Å². The van der Waals surface area contributed by atoms with Crippen LogP contribution in [0.4, 0.5) is 0 Å². The van der Waals surface area contributed by atoms with Gasteiger partial charge in [-0.3, -0.25) is 0 Å². The molecule has 3 aliphatic heterocycles. The first-order valence-electron chi connectivity index (χ1n) is 15.2. The first kappa shape index (κ1) is 31.3. The Morgan fingerprint density at radius 3 is 1.11 bits per heavy atom. The molecule has 2 aromatic carbocycles. The Labute approximate surface area is 289 Å². The van der Waals surface area contributed by atoms with Gasteiger partial charge in [0.15, 0.2) is 0 Å². The number of fused-ring (bicyclic) bond motifs is 5. The summed E-state index contributed by atoms with van der Waals surface area (Å²) in [5, 5.41) is 0. The summed E-state index contributed by atoms with van der Waals surface area (Å²) < 4.78 is 29.5. The SMILES string of the molecule is Cc1sc2c3c1COCCOCCOCCOCCOCc1c(C)sc(c1-3)C1(Sc3ccccc3S1)C21Sc2ccccc2S1. The van der Waals surface area contributed by atoms with E-state index in [1.54, 1.807) is 0 Å². The summed E-state index contributed by atoms with van der Waals surface area (Å²) in [7, 11) is 0. The van der Waals surface area contributed by atoms with Gasteiger partial charge in [-0.1, -0.05) is 71.3 Å². The fraction of sp³-hybridized carbons (Fsp3) is 0.412. The van der Waals surface area contributed by atoms with Crippen LogP contribution in [0.3, 0.4) is 0 Å². The molecular weight excluding hydrogens is 681 g/mol. The molecule has 4 aliphatic rings. The molecule has 0 fully saturated rings. The van der Waals surface area contributed by atoms with Crippen LogP contribution in [-0.4, -0.2) is 52.9 Å². The second-order valence-corrected chi connectivity index (χ2v) is 19.2. The van der Waals surface area contributed by atoms with Crippen LogP contribution in [0.1, 0.15) is 30.6 Å². The van der Waals surface area contributed by atoms with E-state index >= 15 is 0 Å². The van der Waals surface area contributed by atoms with Gasteiger partial charge in [-0.05, 0) is 49.2 Å². The average Bonchev–Trinajstić information content (AvgIpc) is 3.79. The third-order valence-electron chi connectivity index (χ3n) is 8.39. The monoisotopic (exact) mass is 714 g/mol. The van der Waals surface area contributed by atoms with Crippen molar-refractivity contribution in [2.24, 2.45) is 0 Å². The smallest absolute Gasteiger partial charge is 0.134 e. The summed E-state index contributed by atoms with van der Waals surface area (Å²) in [5.41, 5.74) is 5.34. The summed E-state index contributed by atoms with van der Waals surface area (Å²) in [6.45, 7) is 10.1. The second-order valence-electron chi connectivity index (χ2n) is 11.2. The highest BCUT2D eigenvalue weighted by molar-refractivity contribution is 8.26. The highest BCUT2D eigenvalue weighted by Gasteiger charge is 2.67. The summed E-state index contributed by atoms with van der Waals surface area (Å²) >= 11 is 12.2. The van der Waals surface area contributed by atoms with Gasteiger partial charge in [0.2, 0.25) is 0 Å². The number of rotatable bonds is 0. The van der Waals surface area contributed by atoms with Gasteiger partial charge in [-0.2, -0.15) is 0 Å². The number of benzene rings is 2. The van der Waals surface area contributed by atoms with E-state index in [1.165, 1.54) is 61.3 Å².